The van der Waals surface area contributed by atoms with Crippen LogP contribution in [0.1, 0.15) is 67.6 Å². The van der Waals surface area contributed by atoms with Crippen molar-refractivity contribution in [3.63, 3.8) is 0 Å². The molecule has 3 aromatic rings. The lowest BCUT2D eigenvalue weighted by Crippen LogP contribution is -2.60. The van der Waals surface area contributed by atoms with Gasteiger partial charge in [0, 0.05) is 42.6 Å². The maximum Gasteiger partial charge on any atom is 0.407 e. The van der Waals surface area contributed by atoms with Gasteiger partial charge in [-0.1, -0.05) is 48.5 Å². The van der Waals surface area contributed by atoms with Gasteiger partial charge >= 0.3 is 6.09 Å². The standard InChI is InChI=1S/C37H44N2O6/c1-26(42-5)19-23-43-27(2)18-21-38-35(41)44-24-22-39-32-14-10-9-13-31(32)36(3,4)37(39)20-17-29-25-30(15-16-33(29)45-37)34(40)28-11-7-6-8-12-28/h6-17,20,25-27H,18-19,21-24H2,1-5H3,(H,38,41). The van der Waals surface area contributed by atoms with Crippen molar-refractivity contribution < 1.29 is 28.5 Å². The molecule has 45 heavy (non-hydrogen) atoms. The maximum atomic E-state index is 13.1. The highest BCUT2D eigenvalue weighted by molar-refractivity contribution is 6.09. The Hall–Kier alpha value is -4.14. The number of methoxy groups -OCH3 is 1. The Bertz CT molecular complexity index is 1520. The monoisotopic (exact) mass is 612 g/mol. The van der Waals surface area contributed by atoms with Crippen LogP contribution in [-0.4, -0.2) is 63.2 Å². The summed E-state index contributed by atoms with van der Waals surface area (Å²) in [5, 5.41) is 2.84. The number of anilines is 1. The van der Waals surface area contributed by atoms with E-state index >= 15 is 0 Å². The molecule has 0 aliphatic carbocycles. The lowest BCUT2D eigenvalue weighted by molar-refractivity contribution is 0.0251. The van der Waals surface area contributed by atoms with E-state index in [9.17, 15) is 9.59 Å². The average Bonchev–Trinajstić information content (AvgIpc) is 3.22. The zero-order chi connectivity index (χ0) is 32.0. The Morgan fingerprint density at radius 1 is 0.911 bits per heavy atom. The van der Waals surface area contributed by atoms with Crippen LogP contribution in [0.5, 0.6) is 5.75 Å². The van der Waals surface area contributed by atoms with E-state index in [-0.39, 0.29) is 24.6 Å². The van der Waals surface area contributed by atoms with Gasteiger partial charge in [0.15, 0.2) is 5.78 Å². The Labute approximate surface area is 266 Å². The van der Waals surface area contributed by atoms with E-state index in [0.717, 1.165) is 23.2 Å². The summed E-state index contributed by atoms with van der Waals surface area (Å²) in [5.41, 5.74) is 2.98. The number of rotatable bonds is 13. The molecule has 238 valence electrons. The number of hydrogen-bond acceptors (Lipinski definition) is 7. The molecule has 0 saturated heterocycles. The molecule has 3 unspecified atom stereocenters. The molecule has 8 nitrogen and oxygen atoms in total. The number of alkyl carbamates (subject to hydrolysis) is 1. The molecule has 1 amide bonds. The number of carbonyl (C=O) groups is 2. The number of para-hydroxylation sites is 1. The Balaban J connectivity index is 1.24. The summed E-state index contributed by atoms with van der Waals surface area (Å²) in [6.45, 7) is 10.0. The van der Waals surface area contributed by atoms with Crippen LogP contribution >= 0.6 is 0 Å². The zero-order valence-corrected chi connectivity index (χ0v) is 26.9. The predicted octanol–water partition coefficient (Wildman–Crippen LogP) is 6.76. The van der Waals surface area contributed by atoms with Crippen LogP contribution in [0.25, 0.3) is 6.08 Å². The molecule has 0 bridgehead atoms. The minimum atomic E-state index is -0.860. The summed E-state index contributed by atoms with van der Waals surface area (Å²) in [7, 11) is 1.69. The largest absolute Gasteiger partial charge is 0.463 e. The van der Waals surface area contributed by atoms with Crippen LogP contribution in [-0.2, 0) is 19.6 Å². The minimum Gasteiger partial charge on any atom is -0.463 e. The van der Waals surface area contributed by atoms with Crippen molar-refractivity contribution in [1.29, 1.82) is 0 Å². The number of ketones is 1. The lowest BCUT2D eigenvalue weighted by atomic mass is 9.76. The predicted molar refractivity (Wildman–Crippen MR) is 176 cm³/mol. The number of fused-ring (bicyclic) bond motifs is 2. The Morgan fingerprint density at radius 2 is 1.67 bits per heavy atom. The highest BCUT2D eigenvalue weighted by atomic mass is 16.6. The summed E-state index contributed by atoms with van der Waals surface area (Å²) in [6, 6.07) is 23.1. The van der Waals surface area contributed by atoms with Gasteiger partial charge in [0.1, 0.15) is 12.4 Å². The molecule has 1 spiro atoms. The van der Waals surface area contributed by atoms with Crippen LogP contribution in [0.3, 0.4) is 0 Å². The van der Waals surface area contributed by atoms with Gasteiger partial charge in [0.05, 0.1) is 24.2 Å². The first-order valence-corrected chi connectivity index (χ1v) is 15.7. The van der Waals surface area contributed by atoms with E-state index < -0.39 is 17.2 Å². The van der Waals surface area contributed by atoms with Gasteiger partial charge in [-0.3, -0.25) is 4.79 Å². The number of benzene rings is 3. The van der Waals surface area contributed by atoms with Gasteiger partial charge in [-0.15, -0.1) is 0 Å². The molecule has 0 fully saturated rings. The number of carbonyl (C=O) groups excluding carboxylic acids is 2. The van der Waals surface area contributed by atoms with Crippen molar-refractivity contribution in [3.8, 4) is 5.75 Å². The first kappa shape index (κ1) is 32.3. The van der Waals surface area contributed by atoms with E-state index in [1.165, 1.54) is 0 Å². The molecule has 8 heteroatoms. The number of amides is 1. The lowest BCUT2D eigenvalue weighted by Gasteiger charge is -2.47. The number of nitrogens with one attached hydrogen (secondary N) is 1. The van der Waals surface area contributed by atoms with Crippen LogP contribution in [0, 0.1) is 0 Å². The van der Waals surface area contributed by atoms with Crippen molar-refractivity contribution in [2.45, 2.75) is 63.9 Å². The quantitative estimate of drug-likeness (QED) is 0.213. The molecular formula is C37H44N2O6. The van der Waals surface area contributed by atoms with Crippen molar-refractivity contribution in [2.75, 3.05) is 38.3 Å². The van der Waals surface area contributed by atoms with Crippen molar-refractivity contribution >= 4 is 23.6 Å². The van der Waals surface area contributed by atoms with Crippen LogP contribution in [0.15, 0.2) is 78.9 Å². The van der Waals surface area contributed by atoms with Gasteiger partial charge in [-0.2, -0.15) is 0 Å². The topological polar surface area (TPSA) is 86.3 Å². The molecule has 2 aliphatic rings. The number of hydrogen-bond donors (Lipinski definition) is 1. The van der Waals surface area contributed by atoms with Gasteiger partial charge in [0.25, 0.3) is 0 Å². The summed E-state index contributed by atoms with van der Waals surface area (Å²) < 4.78 is 23.6. The molecule has 0 aromatic heterocycles. The fourth-order valence-corrected chi connectivity index (χ4v) is 6.08. The van der Waals surface area contributed by atoms with Gasteiger partial charge in [-0.05, 0) is 82.5 Å². The van der Waals surface area contributed by atoms with Gasteiger partial charge < -0.3 is 29.2 Å². The average molecular weight is 613 g/mol. The second-order valence-corrected chi connectivity index (χ2v) is 12.2. The number of ether oxygens (including phenoxy) is 4. The molecule has 3 atom stereocenters. The molecule has 3 aromatic carbocycles. The normalized spacial score (nSPS) is 18.9. The van der Waals surface area contributed by atoms with Crippen molar-refractivity contribution in [1.82, 2.24) is 5.32 Å². The smallest absolute Gasteiger partial charge is 0.407 e. The molecule has 0 saturated carbocycles. The molecular weight excluding hydrogens is 568 g/mol. The Morgan fingerprint density at radius 3 is 2.44 bits per heavy atom. The van der Waals surface area contributed by atoms with Crippen LogP contribution in [0.2, 0.25) is 0 Å². The third-order valence-electron chi connectivity index (χ3n) is 8.92. The van der Waals surface area contributed by atoms with Crippen LogP contribution in [0.4, 0.5) is 10.5 Å². The van der Waals surface area contributed by atoms with Gasteiger partial charge in [0.2, 0.25) is 5.72 Å². The van der Waals surface area contributed by atoms with Crippen LogP contribution < -0.4 is 15.0 Å². The number of nitrogens with zero attached hydrogens (tertiary/aromatic N) is 1. The molecule has 0 radical (unpaired) electrons. The summed E-state index contributed by atoms with van der Waals surface area (Å²) >= 11 is 0. The molecule has 5 rings (SSSR count). The van der Waals surface area contributed by atoms with Crippen molar-refractivity contribution in [2.24, 2.45) is 0 Å². The minimum absolute atomic E-state index is 0.0169. The maximum absolute atomic E-state index is 13.1. The first-order chi connectivity index (χ1) is 21.7. The van der Waals surface area contributed by atoms with E-state index in [4.69, 9.17) is 18.9 Å². The Kier molecular flexibility index (Phi) is 9.95. The SMILES string of the molecule is COC(C)CCOC(C)CCNC(=O)OCCN1c2ccccc2C(C)(C)C12C=Cc1cc(C(=O)c3ccccc3)ccc1O2. The fourth-order valence-electron chi connectivity index (χ4n) is 6.08. The molecule has 1 N–H and O–H groups in total. The van der Waals surface area contributed by atoms with E-state index in [1.54, 1.807) is 7.11 Å². The highest BCUT2D eigenvalue weighted by Crippen LogP contribution is 2.54. The summed E-state index contributed by atoms with van der Waals surface area (Å²) in [4.78, 5) is 27.8. The summed E-state index contributed by atoms with van der Waals surface area (Å²) in [6.07, 6.45) is 5.33. The summed E-state index contributed by atoms with van der Waals surface area (Å²) in [5.74, 6) is 0.663. The third kappa shape index (κ3) is 6.77. The molecule has 2 aliphatic heterocycles. The third-order valence-corrected chi connectivity index (χ3v) is 8.92. The van der Waals surface area contributed by atoms with E-state index in [2.05, 4.69) is 42.3 Å². The van der Waals surface area contributed by atoms with Crippen molar-refractivity contribution in [3.05, 3.63) is 101 Å². The molecule has 2 heterocycles. The second-order valence-electron chi connectivity index (χ2n) is 12.2. The fraction of sp³-hybridized carbons (Fsp3) is 0.405. The second kappa shape index (κ2) is 13.9. The van der Waals surface area contributed by atoms with Gasteiger partial charge in [-0.25, -0.2) is 4.79 Å². The highest BCUT2D eigenvalue weighted by Gasteiger charge is 2.58. The first-order valence-electron chi connectivity index (χ1n) is 15.7. The zero-order valence-electron chi connectivity index (χ0n) is 26.9. The van der Waals surface area contributed by atoms with E-state index in [1.807, 2.05) is 80.6 Å². The van der Waals surface area contributed by atoms with E-state index in [0.29, 0.717) is 43.0 Å².